The molecule has 1 atom stereocenters. The monoisotopic (exact) mass is 429 g/mol. The Hall–Kier alpha value is -0.877. The first-order chi connectivity index (χ1) is 10.4. The average Bonchev–Trinajstić information content (AvgIpc) is 3.15. The van der Waals surface area contributed by atoms with Crippen molar-refractivity contribution in [1.29, 1.82) is 0 Å². The maximum absolute atomic E-state index is 3.47. The number of fused-ring (bicyclic) bond motifs is 3. The van der Waals surface area contributed by atoms with E-state index in [1.807, 2.05) is 0 Å². The van der Waals surface area contributed by atoms with Gasteiger partial charge >= 0.3 is 26.2 Å². The van der Waals surface area contributed by atoms with E-state index in [1.165, 1.54) is 33.4 Å². The maximum Gasteiger partial charge on any atom is 3.00 e. The Morgan fingerprint density at radius 1 is 0.958 bits per heavy atom. The second kappa shape index (κ2) is 9.00. The van der Waals surface area contributed by atoms with Gasteiger partial charge in [0.15, 0.2) is 0 Å². The molecule has 0 nitrogen and oxygen atoms in total. The zero-order valence-electron chi connectivity index (χ0n) is 13.4. The van der Waals surface area contributed by atoms with Gasteiger partial charge in [-0.3, -0.25) is 0 Å². The minimum atomic E-state index is 0. The number of halogens is 2. The van der Waals surface area contributed by atoms with E-state index in [-0.39, 0.29) is 51.0 Å². The molecule has 3 heteroatoms. The second-order valence-corrected chi connectivity index (χ2v) is 5.55. The fraction of sp³-hybridized carbons (Fsp3) is 0.143. The molecule has 119 valence electrons. The summed E-state index contributed by atoms with van der Waals surface area (Å²) < 4.78 is 0. The summed E-state index contributed by atoms with van der Waals surface area (Å²) in [6, 6.07) is 15.4. The van der Waals surface area contributed by atoms with Crippen LogP contribution in [-0.2, 0) is 26.2 Å². The first-order valence-electron chi connectivity index (χ1n) is 7.53. The molecule has 1 unspecified atom stereocenters. The van der Waals surface area contributed by atoms with Crippen LogP contribution < -0.4 is 24.8 Å². The van der Waals surface area contributed by atoms with Crippen LogP contribution in [0, 0.1) is 6.08 Å². The summed E-state index contributed by atoms with van der Waals surface area (Å²) in [6.07, 6.45) is 13.3. The van der Waals surface area contributed by atoms with E-state index in [0.29, 0.717) is 5.92 Å². The summed E-state index contributed by atoms with van der Waals surface area (Å²) in [4.78, 5) is 0. The Balaban J connectivity index is 0.000000960. The van der Waals surface area contributed by atoms with Gasteiger partial charge in [-0.2, -0.15) is 17.7 Å². The van der Waals surface area contributed by atoms with Gasteiger partial charge in [0.25, 0.3) is 0 Å². The fourth-order valence-corrected chi connectivity index (χ4v) is 3.52. The summed E-state index contributed by atoms with van der Waals surface area (Å²) >= 11 is 0. The molecule has 0 amide bonds. The van der Waals surface area contributed by atoms with Crippen LogP contribution in [0.3, 0.4) is 0 Å². The van der Waals surface area contributed by atoms with E-state index in [9.17, 15) is 0 Å². The van der Waals surface area contributed by atoms with Crippen molar-refractivity contribution in [3.05, 3.63) is 89.5 Å². The quantitative estimate of drug-likeness (QED) is 0.446. The number of hydrogen-bond donors (Lipinski definition) is 0. The van der Waals surface area contributed by atoms with Crippen LogP contribution in [0.1, 0.15) is 36.0 Å². The van der Waals surface area contributed by atoms with Crippen molar-refractivity contribution in [2.75, 3.05) is 0 Å². The van der Waals surface area contributed by atoms with Crippen molar-refractivity contribution >= 4 is 5.57 Å². The number of rotatable bonds is 2. The van der Waals surface area contributed by atoms with E-state index in [0.717, 1.165) is 6.42 Å². The summed E-state index contributed by atoms with van der Waals surface area (Å²) in [6.45, 7) is 2.10. The third-order valence-electron chi connectivity index (χ3n) is 4.37. The molecule has 0 heterocycles. The van der Waals surface area contributed by atoms with Gasteiger partial charge < -0.3 is 24.8 Å². The van der Waals surface area contributed by atoms with Gasteiger partial charge in [0, 0.05) is 5.92 Å². The first-order valence-corrected chi connectivity index (χ1v) is 7.53. The van der Waals surface area contributed by atoms with Crippen LogP contribution >= 0.6 is 0 Å². The summed E-state index contributed by atoms with van der Waals surface area (Å²) in [5.41, 5.74) is 8.18. The average molecular weight is 431 g/mol. The molecule has 4 rings (SSSR count). The third kappa shape index (κ3) is 3.40. The Kier molecular flexibility index (Phi) is 7.93. The number of benzene rings is 2. The van der Waals surface area contributed by atoms with Crippen molar-refractivity contribution in [1.82, 2.24) is 0 Å². The molecule has 0 aliphatic heterocycles. The van der Waals surface area contributed by atoms with Crippen LogP contribution in [0.15, 0.2) is 66.8 Å². The molecule has 2 aromatic carbocycles. The summed E-state index contributed by atoms with van der Waals surface area (Å²) in [5.74, 6) is 0.362. The van der Waals surface area contributed by atoms with E-state index < -0.39 is 0 Å². The van der Waals surface area contributed by atoms with Gasteiger partial charge in [-0.05, 0) is 23.6 Å². The van der Waals surface area contributed by atoms with Crippen molar-refractivity contribution in [2.24, 2.45) is 0 Å². The van der Waals surface area contributed by atoms with Crippen molar-refractivity contribution in [3.8, 4) is 11.1 Å². The van der Waals surface area contributed by atoms with E-state index in [4.69, 9.17) is 0 Å². The summed E-state index contributed by atoms with van der Waals surface area (Å²) in [5, 5.41) is 0. The Bertz CT molecular complexity index is 803. The van der Waals surface area contributed by atoms with Crippen LogP contribution in [0.5, 0.6) is 0 Å². The zero-order valence-corrected chi connectivity index (χ0v) is 17.4. The topological polar surface area (TPSA) is 0 Å². The molecule has 0 saturated heterocycles. The van der Waals surface area contributed by atoms with Crippen LogP contribution in [0.2, 0.25) is 0 Å². The summed E-state index contributed by atoms with van der Waals surface area (Å²) in [7, 11) is 0. The van der Waals surface area contributed by atoms with Crippen LogP contribution in [-0.4, -0.2) is 0 Å². The van der Waals surface area contributed by atoms with E-state index >= 15 is 0 Å². The molecule has 0 spiro atoms. The molecule has 0 fully saturated rings. The van der Waals surface area contributed by atoms with Gasteiger partial charge in [-0.1, -0.05) is 60.5 Å². The molecule has 1 radical (unpaired) electrons. The first kappa shape index (κ1) is 21.2. The normalized spacial score (nSPS) is 16.5. The van der Waals surface area contributed by atoms with Gasteiger partial charge in [0.2, 0.25) is 0 Å². The van der Waals surface area contributed by atoms with Gasteiger partial charge in [-0.15, -0.1) is 17.7 Å². The molecule has 2 aromatic rings. The molecule has 0 aromatic heterocycles. The predicted molar refractivity (Wildman–Crippen MR) is 88.9 cm³/mol. The largest absolute Gasteiger partial charge is 3.00 e. The van der Waals surface area contributed by atoms with Gasteiger partial charge in [-0.25, -0.2) is 0 Å². The molecule has 2 aliphatic rings. The molecule has 0 bridgehead atoms. The smallest absolute Gasteiger partial charge is 1.00 e. The van der Waals surface area contributed by atoms with Crippen LogP contribution in [0.4, 0.5) is 0 Å². The Labute approximate surface area is 175 Å². The van der Waals surface area contributed by atoms with Crippen molar-refractivity contribution in [2.45, 2.75) is 19.3 Å². The Morgan fingerprint density at radius 2 is 1.67 bits per heavy atom. The number of allylic oxidation sites excluding steroid dienone is 6. The van der Waals surface area contributed by atoms with Crippen molar-refractivity contribution in [3.63, 3.8) is 0 Å². The molecular weight excluding hydrogens is 414 g/mol. The maximum atomic E-state index is 3.47. The molecule has 0 N–H and O–H groups in total. The van der Waals surface area contributed by atoms with E-state index in [1.54, 1.807) is 0 Å². The van der Waals surface area contributed by atoms with Gasteiger partial charge in [0.1, 0.15) is 0 Å². The standard InChI is InChI=1S/C21H17.2ClH.Zr/c1-2-8-19-17-11-5-6-12-18(17)20-14-7-13-16(21(19)20)15-9-3-4-10-15;;;/h2-3,5-9,11-14,19H,4H2,1H3;2*1H;/q-1;;;+3/p-2. The fourth-order valence-electron chi connectivity index (χ4n) is 3.52. The molecular formula is C21H17Cl2Zr. The minimum Gasteiger partial charge on any atom is -1.00 e. The number of hydrogen-bond acceptors (Lipinski definition) is 0. The third-order valence-corrected chi connectivity index (χ3v) is 4.37. The van der Waals surface area contributed by atoms with Crippen molar-refractivity contribution < 1.29 is 51.0 Å². The van der Waals surface area contributed by atoms with Crippen LogP contribution in [0.25, 0.3) is 16.7 Å². The predicted octanol–water partition coefficient (Wildman–Crippen LogP) is -0.473. The minimum absolute atomic E-state index is 0. The van der Waals surface area contributed by atoms with E-state index in [2.05, 4.69) is 79.8 Å². The molecule has 24 heavy (non-hydrogen) atoms. The Morgan fingerprint density at radius 3 is 2.38 bits per heavy atom. The molecule has 0 saturated carbocycles. The second-order valence-electron chi connectivity index (χ2n) is 5.55. The zero-order chi connectivity index (χ0) is 14.2. The molecule has 2 aliphatic carbocycles. The SMILES string of the molecule is CC=CC1c2ccccc2-c2cccc(C3=[C-]CC=C3)c21.[Cl-].[Cl-].[Zr+3]. The van der Waals surface area contributed by atoms with Gasteiger partial charge in [0.05, 0.1) is 0 Å².